The van der Waals surface area contributed by atoms with Crippen molar-refractivity contribution in [3.63, 3.8) is 0 Å². The molecular formula is C6H7N3Pd. The molecule has 0 aliphatic heterocycles. The van der Waals surface area contributed by atoms with Gasteiger partial charge in [-0.3, -0.25) is 0 Å². The Morgan fingerprint density at radius 2 is 1.80 bits per heavy atom. The van der Waals surface area contributed by atoms with E-state index in [0.717, 1.165) is 0 Å². The third-order valence-corrected chi connectivity index (χ3v) is 0.666. The number of rotatable bonds is 0. The monoisotopic (exact) mass is 227 g/mol. The van der Waals surface area contributed by atoms with Crippen molar-refractivity contribution in [2.75, 3.05) is 0 Å². The fraction of sp³-hybridized carbons (Fsp3) is 0.167. The van der Waals surface area contributed by atoms with Gasteiger partial charge in [0, 0.05) is 32.8 Å². The number of hydrogen-bond acceptors (Lipinski definition) is 3. The molecule has 0 atom stereocenters. The Hall–Kier alpha value is -0.768. The maximum Gasteiger partial charge on any atom is 0.232 e. The van der Waals surface area contributed by atoms with Crippen molar-refractivity contribution in [1.82, 2.24) is 9.97 Å². The van der Waals surface area contributed by atoms with Gasteiger partial charge in [-0.05, 0) is 6.07 Å². The quantitative estimate of drug-likeness (QED) is 0.621. The molecule has 0 spiro atoms. The van der Waals surface area contributed by atoms with Crippen molar-refractivity contribution >= 4 is 0 Å². The van der Waals surface area contributed by atoms with Crippen LogP contribution in [0.4, 0.5) is 0 Å². The minimum atomic E-state index is 0. The molecular weight excluding hydrogens is 221 g/mol. The zero-order valence-corrected chi connectivity index (χ0v) is 5.94. The second-order valence-corrected chi connectivity index (χ2v) is 1.18. The molecule has 0 aliphatic carbocycles. The van der Waals surface area contributed by atoms with Crippen molar-refractivity contribution < 1.29 is 20.4 Å². The van der Waals surface area contributed by atoms with Crippen LogP contribution in [0.5, 0.6) is 0 Å². The molecule has 0 amide bonds. The molecule has 4 heteroatoms. The summed E-state index contributed by atoms with van der Waals surface area (Å²) in [4.78, 5) is 7.25. The summed E-state index contributed by atoms with van der Waals surface area (Å²) in [5.74, 6) is 0.215. The first kappa shape index (κ1) is 12.0. The Morgan fingerprint density at radius 3 is 2.10 bits per heavy atom. The minimum absolute atomic E-state index is 0. The zero-order valence-electron chi connectivity index (χ0n) is 4.39. The molecule has 1 aromatic heterocycles. The van der Waals surface area contributed by atoms with Crippen molar-refractivity contribution in [3.8, 4) is 6.07 Å². The third kappa shape index (κ3) is 3.30. The third-order valence-electron chi connectivity index (χ3n) is 0.666. The van der Waals surface area contributed by atoms with Crippen LogP contribution in [-0.2, 0) is 20.4 Å². The first-order valence-corrected chi connectivity index (χ1v) is 2.10. The van der Waals surface area contributed by atoms with E-state index in [1.165, 1.54) is 12.4 Å². The number of nitriles is 1. The predicted octanol–water partition coefficient (Wildman–Crippen LogP) is 0.982. The number of hydrogen-bond donors (Lipinski definition) is 0. The van der Waals surface area contributed by atoms with Gasteiger partial charge >= 0.3 is 0 Å². The average molecular weight is 228 g/mol. The first-order chi connectivity index (χ1) is 3.93. The molecule has 1 rings (SSSR count). The maximum absolute atomic E-state index is 8.16. The Balaban J connectivity index is 0. The molecule has 0 saturated heterocycles. The van der Waals surface area contributed by atoms with Gasteiger partial charge in [-0.25, -0.2) is 9.97 Å². The standard InChI is InChI=1S/C5H3N3.CH4.Pd/c6-4-5-7-2-1-3-8-5;;/h1-3H;1H4;. The molecule has 0 saturated carbocycles. The molecule has 0 aromatic carbocycles. The fourth-order valence-corrected chi connectivity index (χ4v) is 0.357. The van der Waals surface area contributed by atoms with Crippen LogP contribution in [0.2, 0.25) is 0 Å². The molecule has 0 aliphatic rings. The predicted molar refractivity (Wildman–Crippen MR) is 33.5 cm³/mol. The van der Waals surface area contributed by atoms with Gasteiger partial charge in [0.15, 0.2) is 0 Å². The summed E-state index contributed by atoms with van der Waals surface area (Å²) in [5, 5.41) is 8.16. The number of nitrogens with zero attached hydrogens (tertiary/aromatic N) is 3. The molecule has 56 valence electrons. The molecule has 1 aromatic rings. The molecule has 0 fully saturated rings. The zero-order chi connectivity index (χ0) is 5.82. The van der Waals surface area contributed by atoms with E-state index in [9.17, 15) is 0 Å². The molecule has 1 heterocycles. The Morgan fingerprint density at radius 1 is 1.30 bits per heavy atom. The van der Waals surface area contributed by atoms with Crippen LogP contribution >= 0.6 is 0 Å². The van der Waals surface area contributed by atoms with Crippen molar-refractivity contribution in [2.45, 2.75) is 7.43 Å². The topological polar surface area (TPSA) is 49.6 Å². The smallest absolute Gasteiger partial charge is 0.228 e. The molecule has 0 bridgehead atoms. The largest absolute Gasteiger partial charge is 0.232 e. The van der Waals surface area contributed by atoms with E-state index in [2.05, 4.69) is 9.97 Å². The van der Waals surface area contributed by atoms with Crippen LogP contribution in [0.15, 0.2) is 18.5 Å². The van der Waals surface area contributed by atoms with Crippen LogP contribution < -0.4 is 0 Å². The van der Waals surface area contributed by atoms with Gasteiger partial charge in [-0.2, -0.15) is 5.26 Å². The van der Waals surface area contributed by atoms with Crippen LogP contribution in [0.1, 0.15) is 13.3 Å². The summed E-state index contributed by atoms with van der Waals surface area (Å²) < 4.78 is 0. The van der Waals surface area contributed by atoms with Gasteiger partial charge in [0.2, 0.25) is 5.82 Å². The summed E-state index contributed by atoms with van der Waals surface area (Å²) in [6.07, 6.45) is 3.07. The average Bonchev–Trinajstić information content (AvgIpc) is 1.90. The van der Waals surface area contributed by atoms with E-state index < -0.39 is 0 Å². The van der Waals surface area contributed by atoms with E-state index in [1.54, 1.807) is 12.1 Å². The van der Waals surface area contributed by atoms with Gasteiger partial charge in [-0.1, -0.05) is 7.43 Å². The van der Waals surface area contributed by atoms with Crippen LogP contribution in [0.25, 0.3) is 0 Å². The Kier molecular flexibility index (Phi) is 7.60. The van der Waals surface area contributed by atoms with Gasteiger partial charge < -0.3 is 0 Å². The minimum Gasteiger partial charge on any atom is -0.228 e. The van der Waals surface area contributed by atoms with Crippen molar-refractivity contribution in [1.29, 1.82) is 5.26 Å². The van der Waals surface area contributed by atoms with E-state index >= 15 is 0 Å². The maximum atomic E-state index is 8.16. The van der Waals surface area contributed by atoms with Gasteiger partial charge in [-0.15, -0.1) is 0 Å². The summed E-state index contributed by atoms with van der Waals surface area (Å²) in [6, 6.07) is 3.47. The SMILES string of the molecule is C.N#Cc1ncccn1.[Pd]. The number of aromatic nitrogens is 2. The van der Waals surface area contributed by atoms with Gasteiger partial charge in [0.05, 0.1) is 0 Å². The van der Waals surface area contributed by atoms with Crippen LogP contribution in [-0.4, -0.2) is 9.97 Å². The summed E-state index contributed by atoms with van der Waals surface area (Å²) in [5.41, 5.74) is 0. The Labute approximate surface area is 73.8 Å². The molecule has 0 radical (unpaired) electrons. The van der Waals surface area contributed by atoms with Crippen LogP contribution in [0.3, 0.4) is 0 Å². The van der Waals surface area contributed by atoms with Crippen LogP contribution in [0, 0.1) is 11.3 Å². The second kappa shape index (κ2) is 6.35. The first-order valence-electron chi connectivity index (χ1n) is 2.10. The van der Waals surface area contributed by atoms with Gasteiger partial charge in [0.25, 0.3) is 0 Å². The van der Waals surface area contributed by atoms with E-state index in [4.69, 9.17) is 5.26 Å². The summed E-state index contributed by atoms with van der Waals surface area (Å²) >= 11 is 0. The van der Waals surface area contributed by atoms with Crippen molar-refractivity contribution in [2.24, 2.45) is 0 Å². The van der Waals surface area contributed by atoms with E-state index in [-0.39, 0.29) is 33.7 Å². The summed E-state index contributed by atoms with van der Waals surface area (Å²) in [6.45, 7) is 0. The molecule has 3 nitrogen and oxygen atoms in total. The van der Waals surface area contributed by atoms with E-state index in [1.807, 2.05) is 0 Å². The normalized spacial score (nSPS) is 6.30. The second-order valence-electron chi connectivity index (χ2n) is 1.18. The Bertz CT molecular complexity index is 204. The molecule has 10 heavy (non-hydrogen) atoms. The summed E-state index contributed by atoms with van der Waals surface area (Å²) in [7, 11) is 0. The van der Waals surface area contributed by atoms with Gasteiger partial charge in [0.1, 0.15) is 6.07 Å². The van der Waals surface area contributed by atoms with E-state index in [0.29, 0.717) is 0 Å². The fourth-order valence-electron chi connectivity index (χ4n) is 0.357. The molecule has 0 unspecified atom stereocenters. The van der Waals surface area contributed by atoms with Crippen molar-refractivity contribution in [3.05, 3.63) is 24.3 Å². The molecule has 0 N–H and O–H groups in total.